The third kappa shape index (κ3) is 2.30. The van der Waals surface area contributed by atoms with E-state index in [9.17, 15) is 13.6 Å². The molecule has 0 aliphatic rings. The van der Waals surface area contributed by atoms with Gasteiger partial charge in [0.1, 0.15) is 0 Å². The van der Waals surface area contributed by atoms with Crippen molar-refractivity contribution in [1.29, 1.82) is 0 Å². The molecule has 0 spiro atoms. The molecule has 0 aliphatic heterocycles. The summed E-state index contributed by atoms with van der Waals surface area (Å²) >= 11 is 8.66. The summed E-state index contributed by atoms with van der Waals surface area (Å²) in [6.07, 6.45) is -2.63. The van der Waals surface area contributed by atoms with Crippen LogP contribution in [0.5, 0.6) is 0 Å². The standard InChI is InChI=1S/C9H6BrClF2O/c1-4(14)5-2-6(9(12)13)7(10)3-8(5)11/h2-3,9H,1H3. The zero-order chi connectivity index (χ0) is 10.9. The van der Waals surface area contributed by atoms with E-state index < -0.39 is 6.43 Å². The van der Waals surface area contributed by atoms with Crippen LogP contribution in [-0.4, -0.2) is 5.78 Å². The van der Waals surface area contributed by atoms with Gasteiger partial charge in [-0.3, -0.25) is 4.79 Å². The fraction of sp³-hybridized carbons (Fsp3) is 0.222. The molecular weight excluding hydrogens is 277 g/mol. The molecule has 0 radical (unpaired) electrons. The van der Waals surface area contributed by atoms with Crippen molar-refractivity contribution in [3.05, 3.63) is 32.8 Å². The number of alkyl halides is 2. The van der Waals surface area contributed by atoms with Crippen LogP contribution in [0, 0.1) is 0 Å². The fourth-order valence-electron chi connectivity index (χ4n) is 1.00. The summed E-state index contributed by atoms with van der Waals surface area (Å²) in [7, 11) is 0. The van der Waals surface area contributed by atoms with Gasteiger partial charge in [-0.2, -0.15) is 0 Å². The highest BCUT2D eigenvalue weighted by atomic mass is 79.9. The molecule has 0 unspecified atom stereocenters. The maximum absolute atomic E-state index is 12.4. The first-order valence-corrected chi connectivity index (χ1v) is 4.88. The minimum absolute atomic E-state index is 0.116. The molecule has 76 valence electrons. The molecule has 5 heteroatoms. The van der Waals surface area contributed by atoms with Crippen LogP contribution < -0.4 is 0 Å². The Kier molecular flexibility index (Phi) is 3.61. The molecule has 0 N–H and O–H groups in total. The molecule has 1 rings (SSSR count). The highest BCUT2D eigenvalue weighted by Gasteiger charge is 2.16. The molecule has 0 bridgehead atoms. The van der Waals surface area contributed by atoms with Crippen LogP contribution in [0.25, 0.3) is 0 Å². The first-order chi connectivity index (χ1) is 6.43. The quantitative estimate of drug-likeness (QED) is 0.742. The first-order valence-electron chi connectivity index (χ1n) is 3.71. The second-order valence-electron chi connectivity index (χ2n) is 2.71. The Morgan fingerprint density at radius 1 is 1.50 bits per heavy atom. The molecule has 0 aromatic heterocycles. The number of carbonyl (C=O) groups excluding carboxylic acids is 1. The SMILES string of the molecule is CC(=O)c1cc(C(F)F)c(Br)cc1Cl. The fourth-order valence-corrected chi connectivity index (χ4v) is 1.95. The molecular formula is C9H6BrClF2O. The summed E-state index contributed by atoms with van der Waals surface area (Å²) in [5, 5.41) is 0.175. The summed E-state index contributed by atoms with van der Waals surface area (Å²) in [6.45, 7) is 1.28. The minimum atomic E-state index is -2.63. The smallest absolute Gasteiger partial charge is 0.264 e. The average molecular weight is 283 g/mol. The third-order valence-electron chi connectivity index (χ3n) is 1.70. The maximum atomic E-state index is 12.4. The summed E-state index contributed by atoms with van der Waals surface area (Å²) in [4.78, 5) is 11.0. The van der Waals surface area contributed by atoms with E-state index in [-0.39, 0.29) is 26.4 Å². The zero-order valence-electron chi connectivity index (χ0n) is 7.15. The number of Topliss-reactive ketones (excluding diaryl/α,β-unsaturated/α-hetero) is 1. The van der Waals surface area contributed by atoms with E-state index >= 15 is 0 Å². The van der Waals surface area contributed by atoms with Gasteiger partial charge >= 0.3 is 0 Å². The summed E-state index contributed by atoms with van der Waals surface area (Å²) in [5.74, 6) is -0.329. The van der Waals surface area contributed by atoms with Gasteiger partial charge in [-0.25, -0.2) is 8.78 Å². The number of ketones is 1. The number of hydrogen-bond acceptors (Lipinski definition) is 1. The van der Waals surface area contributed by atoms with E-state index in [1.165, 1.54) is 13.0 Å². The van der Waals surface area contributed by atoms with E-state index in [1.54, 1.807) is 0 Å². The van der Waals surface area contributed by atoms with Gasteiger partial charge in [0.25, 0.3) is 6.43 Å². The Bertz CT molecular complexity index is 379. The van der Waals surface area contributed by atoms with E-state index in [2.05, 4.69) is 15.9 Å². The molecule has 0 atom stereocenters. The van der Waals surface area contributed by atoms with Crippen molar-refractivity contribution in [3.8, 4) is 0 Å². The predicted octanol–water partition coefficient (Wildman–Crippen LogP) is 4.24. The van der Waals surface area contributed by atoms with Gasteiger partial charge in [-0.1, -0.05) is 27.5 Å². The van der Waals surface area contributed by atoms with Crippen molar-refractivity contribution in [3.63, 3.8) is 0 Å². The highest BCUT2D eigenvalue weighted by molar-refractivity contribution is 9.10. The van der Waals surface area contributed by atoms with E-state index in [4.69, 9.17) is 11.6 Å². The van der Waals surface area contributed by atoms with Gasteiger partial charge in [0.15, 0.2) is 5.78 Å². The average Bonchev–Trinajstić information content (AvgIpc) is 2.02. The molecule has 0 heterocycles. The van der Waals surface area contributed by atoms with Crippen LogP contribution in [0.15, 0.2) is 16.6 Å². The number of benzene rings is 1. The van der Waals surface area contributed by atoms with Gasteiger partial charge in [0.2, 0.25) is 0 Å². The lowest BCUT2D eigenvalue weighted by molar-refractivity contribution is 0.101. The van der Waals surface area contributed by atoms with E-state index in [1.807, 2.05) is 0 Å². The number of halogens is 4. The normalized spacial score (nSPS) is 10.7. The van der Waals surface area contributed by atoms with Crippen molar-refractivity contribution < 1.29 is 13.6 Å². The topological polar surface area (TPSA) is 17.1 Å². The van der Waals surface area contributed by atoms with Crippen molar-refractivity contribution >= 4 is 33.3 Å². The van der Waals surface area contributed by atoms with Gasteiger partial charge < -0.3 is 0 Å². The summed E-state index contributed by atoms with van der Waals surface area (Å²) in [6, 6.07) is 2.42. The van der Waals surface area contributed by atoms with Crippen molar-refractivity contribution in [1.82, 2.24) is 0 Å². The molecule has 0 saturated heterocycles. The van der Waals surface area contributed by atoms with Crippen LogP contribution in [0.4, 0.5) is 8.78 Å². The van der Waals surface area contributed by atoms with Crippen LogP contribution in [0.1, 0.15) is 29.3 Å². The van der Waals surface area contributed by atoms with Gasteiger partial charge in [0.05, 0.1) is 5.02 Å². The largest absolute Gasteiger partial charge is 0.294 e. The van der Waals surface area contributed by atoms with E-state index in [0.717, 1.165) is 6.07 Å². The Hall–Kier alpha value is -0.480. The first kappa shape index (κ1) is 11.6. The molecule has 0 fully saturated rings. The molecule has 1 aromatic rings. The Morgan fingerprint density at radius 2 is 2.07 bits per heavy atom. The van der Waals surface area contributed by atoms with Crippen LogP contribution in [0.3, 0.4) is 0 Å². The molecule has 1 aromatic carbocycles. The van der Waals surface area contributed by atoms with Gasteiger partial charge in [-0.15, -0.1) is 0 Å². The molecule has 1 nitrogen and oxygen atoms in total. The Morgan fingerprint density at radius 3 is 2.50 bits per heavy atom. The molecule has 0 aliphatic carbocycles. The van der Waals surface area contributed by atoms with Crippen LogP contribution >= 0.6 is 27.5 Å². The molecule has 14 heavy (non-hydrogen) atoms. The monoisotopic (exact) mass is 282 g/mol. The minimum Gasteiger partial charge on any atom is -0.294 e. The van der Waals surface area contributed by atoms with Gasteiger partial charge in [-0.05, 0) is 19.1 Å². The van der Waals surface area contributed by atoms with Gasteiger partial charge in [0, 0.05) is 15.6 Å². The van der Waals surface area contributed by atoms with E-state index in [0.29, 0.717) is 0 Å². The lowest BCUT2D eigenvalue weighted by atomic mass is 10.1. The lowest BCUT2D eigenvalue weighted by Gasteiger charge is -2.07. The van der Waals surface area contributed by atoms with Crippen LogP contribution in [-0.2, 0) is 0 Å². The summed E-state index contributed by atoms with van der Waals surface area (Å²) in [5.41, 5.74) is -0.107. The Balaban J connectivity index is 3.34. The maximum Gasteiger partial charge on any atom is 0.264 e. The highest BCUT2D eigenvalue weighted by Crippen LogP contribution is 2.32. The number of rotatable bonds is 2. The second-order valence-corrected chi connectivity index (χ2v) is 3.97. The second kappa shape index (κ2) is 4.36. The zero-order valence-corrected chi connectivity index (χ0v) is 9.49. The van der Waals surface area contributed by atoms with Crippen LogP contribution in [0.2, 0.25) is 5.02 Å². The number of hydrogen-bond donors (Lipinski definition) is 0. The van der Waals surface area contributed by atoms with Crippen molar-refractivity contribution in [2.75, 3.05) is 0 Å². The van der Waals surface area contributed by atoms with Crippen molar-refractivity contribution in [2.45, 2.75) is 13.3 Å². The third-order valence-corrected chi connectivity index (χ3v) is 2.70. The molecule has 0 saturated carbocycles. The summed E-state index contributed by atoms with van der Waals surface area (Å²) < 4.78 is 25.0. The Labute approximate surface area is 93.2 Å². The number of carbonyl (C=O) groups is 1. The predicted molar refractivity (Wildman–Crippen MR) is 54.1 cm³/mol. The molecule has 0 amide bonds. The van der Waals surface area contributed by atoms with Crippen molar-refractivity contribution in [2.24, 2.45) is 0 Å². The lowest BCUT2D eigenvalue weighted by Crippen LogP contribution is -1.97.